The van der Waals surface area contributed by atoms with E-state index in [0.717, 1.165) is 19.8 Å². The summed E-state index contributed by atoms with van der Waals surface area (Å²) in [6, 6.07) is 1.32. The summed E-state index contributed by atoms with van der Waals surface area (Å²) in [5.41, 5.74) is 0. The van der Waals surface area contributed by atoms with E-state index in [0.29, 0.717) is 18.2 Å². The van der Waals surface area contributed by atoms with Crippen LogP contribution in [0.4, 0.5) is 0 Å². The molecule has 2 aliphatic rings. The van der Waals surface area contributed by atoms with Crippen molar-refractivity contribution in [3.05, 3.63) is 0 Å². The lowest BCUT2D eigenvalue weighted by atomic mass is 10.1. The normalized spacial score (nSPS) is 29.8. The molecule has 0 amide bonds. The van der Waals surface area contributed by atoms with Crippen molar-refractivity contribution >= 4 is 0 Å². The maximum Gasteiger partial charge on any atom is 0.0645 e. The summed E-state index contributed by atoms with van der Waals surface area (Å²) < 4.78 is 10.9. The van der Waals surface area contributed by atoms with E-state index < -0.39 is 0 Å². The fraction of sp³-hybridized carbons (Fsp3) is 1.00. The average Bonchev–Trinajstić information content (AvgIpc) is 2.46. The Labute approximate surface area is 86.4 Å². The van der Waals surface area contributed by atoms with Crippen LogP contribution < -0.4 is 0 Å². The fourth-order valence-electron chi connectivity index (χ4n) is 2.24. The molecule has 0 spiro atoms. The molecule has 0 saturated carbocycles. The minimum absolute atomic E-state index is 0.357. The lowest BCUT2D eigenvalue weighted by Crippen LogP contribution is -2.52. The molecule has 0 aliphatic carbocycles. The van der Waals surface area contributed by atoms with E-state index in [1.54, 1.807) is 0 Å². The van der Waals surface area contributed by atoms with Gasteiger partial charge in [-0.2, -0.15) is 0 Å². The molecule has 2 aliphatic heterocycles. The third-order valence-electron chi connectivity index (χ3n) is 3.13. The second-order valence-corrected chi connectivity index (χ2v) is 4.61. The Kier molecular flexibility index (Phi) is 3.42. The van der Waals surface area contributed by atoms with Crippen molar-refractivity contribution in [1.29, 1.82) is 0 Å². The van der Waals surface area contributed by atoms with Gasteiger partial charge in [-0.25, -0.2) is 0 Å². The number of hydrogen-bond donors (Lipinski definition) is 0. The van der Waals surface area contributed by atoms with Gasteiger partial charge in [-0.05, 0) is 33.2 Å². The minimum Gasteiger partial charge on any atom is -0.378 e. The predicted molar refractivity (Wildman–Crippen MR) is 55.4 cm³/mol. The highest BCUT2D eigenvalue weighted by atomic mass is 16.5. The SMILES string of the molecule is CC(C)OC[C@@H]1CCCN1C1COC1. The van der Waals surface area contributed by atoms with Crippen LogP contribution >= 0.6 is 0 Å². The van der Waals surface area contributed by atoms with E-state index in [4.69, 9.17) is 9.47 Å². The largest absolute Gasteiger partial charge is 0.378 e. The van der Waals surface area contributed by atoms with E-state index in [9.17, 15) is 0 Å². The maximum absolute atomic E-state index is 5.69. The number of ether oxygens (including phenoxy) is 2. The first-order chi connectivity index (χ1) is 6.77. The summed E-state index contributed by atoms with van der Waals surface area (Å²) in [5, 5.41) is 0. The van der Waals surface area contributed by atoms with E-state index in [-0.39, 0.29) is 0 Å². The molecule has 0 N–H and O–H groups in total. The van der Waals surface area contributed by atoms with Gasteiger partial charge in [0.1, 0.15) is 0 Å². The molecule has 0 aromatic carbocycles. The van der Waals surface area contributed by atoms with Gasteiger partial charge < -0.3 is 9.47 Å². The van der Waals surface area contributed by atoms with Crippen molar-refractivity contribution in [2.75, 3.05) is 26.4 Å². The lowest BCUT2D eigenvalue weighted by molar-refractivity contribution is -0.0815. The average molecular weight is 199 g/mol. The number of likely N-dealkylation sites (tertiary alicyclic amines) is 1. The Hall–Kier alpha value is -0.120. The lowest BCUT2D eigenvalue weighted by Gasteiger charge is -2.38. The van der Waals surface area contributed by atoms with E-state index in [2.05, 4.69) is 18.7 Å². The van der Waals surface area contributed by atoms with Crippen LogP contribution in [0.3, 0.4) is 0 Å². The van der Waals surface area contributed by atoms with Gasteiger partial charge in [-0.3, -0.25) is 4.90 Å². The highest BCUT2D eigenvalue weighted by Gasteiger charge is 2.34. The first-order valence-electron chi connectivity index (χ1n) is 5.72. The minimum atomic E-state index is 0.357. The Balaban J connectivity index is 1.77. The molecule has 2 fully saturated rings. The monoisotopic (exact) mass is 199 g/mol. The summed E-state index contributed by atoms with van der Waals surface area (Å²) in [7, 11) is 0. The molecule has 1 atom stereocenters. The van der Waals surface area contributed by atoms with Gasteiger partial charge in [0.15, 0.2) is 0 Å². The quantitative estimate of drug-likeness (QED) is 0.680. The van der Waals surface area contributed by atoms with Gasteiger partial charge >= 0.3 is 0 Å². The first kappa shape index (κ1) is 10.4. The Morgan fingerprint density at radius 2 is 2.21 bits per heavy atom. The molecule has 82 valence electrons. The summed E-state index contributed by atoms with van der Waals surface area (Å²) in [6.45, 7) is 8.20. The fourth-order valence-corrected chi connectivity index (χ4v) is 2.24. The zero-order valence-electron chi connectivity index (χ0n) is 9.24. The second-order valence-electron chi connectivity index (χ2n) is 4.61. The number of hydrogen-bond acceptors (Lipinski definition) is 3. The second kappa shape index (κ2) is 4.60. The van der Waals surface area contributed by atoms with E-state index in [1.165, 1.54) is 19.4 Å². The van der Waals surface area contributed by atoms with Crippen LogP contribution in [0.25, 0.3) is 0 Å². The van der Waals surface area contributed by atoms with Gasteiger partial charge in [-0.15, -0.1) is 0 Å². The molecule has 14 heavy (non-hydrogen) atoms. The van der Waals surface area contributed by atoms with Crippen LogP contribution in [0.1, 0.15) is 26.7 Å². The van der Waals surface area contributed by atoms with Crippen LogP contribution in [0.5, 0.6) is 0 Å². The molecular formula is C11H21NO2. The van der Waals surface area contributed by atoms with Crippen LogP contribution in [0, 0.1) is 0 Å². The number of rotatable bonds is 4. The topological polar surface area (TPSA) is 21.7 Å². The molecule has 0 unspecified atom stereocenters. The van der Waals surface area contributed by atoms with Gasteiger partial charge in [0.2, 0.25) is 0 Å². The maximum atomic E-state index is 5.69. The summed E-state index contributed by atoms with van der Waals surface area (Å²) in [6.07, 6.45) is 2.97. The smallest absolute Gasteiger partial charge is 0.0645 e. The summed E-state index contributed by atoms with van der Waals surface area (Å²) in [4.78, 5) is 2.58. The van der Waals surface area contributed by atoms with Crippen molar-refractivity contribution in [2.45, 2.75) is 44.9 Å². The third-order valence-corrected chi connectivity index (χ3v) is 3.13. The molecule has 0 aromatic rings. The molecule has 0 radical (unpaired) electrons. The molecule has 2 rings (SSSR count). The molecule has 0 aromatic heterocycles. The zero-order valence-corrected chi connectivity index (χ0v) is 9.24. The molecule has 3 heteroatoms. The summed E-state index contributed by atoms with van der Waals surface area (Å²) in [5.74, 6) is 0. The van der Waals surface area contributed by atoms with Gasteiger partial charge in [-0.1, -0.05) is 0 Å². The van der Waals surface area contributed by atoms with Crippen molar-refractivity contribution in [3.63, 3.8) is 0 Å². The van der Waals surface area contributed by atoms with Crippen molar-refractivity contribution in [3.8, 4) is 0 Å². The third kappa shape index (κ3) is 2.27. The van der Waals surface area contributed by atoms with Crippen LogP contribution in [0.2, 0.25) is 0 Å². The van der Waals surface area contributed by atoms with Crippen LogP contribution in [-0.4, -0.2) is 49.5 Å². The van der Waals surface area contributed by atoms with Crippen LogP contribution in [-0.2, 0) is 9.47 Å². The zero-order chi connectivity index (χ0) is 9.97. The molecule has 0 bridgehead atoms. The number of nitrogens with zero attached hydrogens (tertiary/aromatic N) is 1. The van der Waals surface area contributed by atoms with E-state index in [1.807, 2.05) is 0 Å². The van der Waals surface area contributed by atoms with E-state index >= 15 is 0 Å². The molecule has 3 nitrogen and oxygen atoms in total. The van der Waals surface area contributed by atoms with Crippen molar-refractivity contribution < 1.29 is 9.47 Å². The molecule has 2 saturated heterocycles. The van der Waals surface area contributed by atoms with Crippen LogP contribution in [0.15, 0.2) is 0 Å². The Morgan fingerprint density at radius 3 is 2.79 bits per heavy atom. The first-order valence-corrected chi connectivity index (χ1v) is 5.72. The van der Waals surface area contributed by atoms with Crippen molar-refractivity contribution in [2.24, 2.45) is 0 Å². The highest BCUT2D eigenvalue weighted by molar-refractivity contribution is 4.87. The summed E-state index contributed by atoms with van der Waals surface area (Å²) >= 11 is 0. The highest BCUT2D eigenvalue weighted by Crippen LogP contribution is 2.24. The van der Waals surface area contributed by atoms with Gasteiger partial charge in [0, 0.05) is 6.04 Å². The predicted octanol–water partition coefficient (Wildman–Crippen LogP) is 1.27. The standard InChI is InChI=1S/C11H21NO2/c1-9(2)14-8-10-4-3-5-12(10)11-6-13-7-11/h9-11H,3-8H2,1-2H3/t10-/m0/s1. The molecular weight excluding hydrogens is 178 g/mol. The Bertz CT molecular complexity index is 180. The Morgan fingerprint density at radius 1 is 1.43 bits per heavy atom. The van der Waals surface area contributed by atoms with Crippen molar-refractivity contribution in [1.82, 2.24) is 4.90 Å². The van der Waals surface area contributed by atoms with Gasteiger partial charge in [0.25, 0.3) is 0 Å². The molecule has 2 heterocycles. The van der Waals surface area contributed by atoms with Gasteiger partial charge in [0.05, 0.1) is 32.0 Å².